The molecular formula is C12H15BrF3NO. The van der Waals surface area contributed by atoms with E-state index in [-0.39, 0.29) is 5.92 Å². The first-order valence-corrected chi connectivity index (χ1v) is 6.23. The van der Waals surface area contributed by atoms with Crippen LogP contribution in [0.15, 0.2) is 22.7 Å². The summed E-state index contributed by atoms with van der Waals surface area (Å²) in [5.74, 6) is 0.282. The Labute approximate surface area is 113 Å². The molecule has 1 rings (SSSR count). The molecule has 2 nitrogen and oxygen atoms in total. The van der Waals surface area contributed by atoms with Gasteiger partial charge in [-0.05, 0) is 40.0 Å². The minimum Gasteiger partial charge on any atom is -0.384 e. The van der Waals surface area contributed by atoms with Crippen molar-refractivity contribution in [1.82, 2.24) is 0 Å². The maximum Gasteiger partial charge on any atom is 0.416 e. The predicted molar refractivity (Wildman–Crippen MR) is 68.7 cm³/mol. The highest BCUT2D eigenvalue weighted by Crippen LogP contribution is 2.33. The van der Waals surface area contributed by atoms with Gasteiger partial charge in [-0.15, -0.1) is 0 Å². The van der Waals surface area contributed by atoms with Gasteiger partial charge in [0.05, 0.1) is 12.2 Å². The van der Waals surface area contributed by atoms with Crippen LogP contribution in [-0.4, -0.2) is 20.3 Å². The van der Waals surface area contributed by atoms with Crippen molar-refractivity contribution in [3.05, 3.63) is 28.2 Å². The van der Waals surface area contributed by atoms with Crippen LogP contribution in [0.1, 0.15) is 12.5 Å². The Balaban J connectivity index is 2.69. The van der Waals surface area contributed by atoms with Gasteiger partial charge in [-0.1, -0.05) is 6.92 Å². The molecule has 102 valence electrons. The number of anilines is 1. The smallest absolute Gasteiger partial charge is 0.384 e. The molecule has 1 aromatic rings. The summed E-state index contributed by atoms with van der Waals surface area (Å²) in [7, 11) is 1.62. The van der Waals surface area contributed by atoms with Crippen molar-refractivity contribution in [2.45, 2.75) is 13.1 Å². The summed E-state index contributed by atoms with van der Waals surface area (Å²) in [5, 5.41) is 3.08. The van der Waals surface area contributed by atoms with E-state index in [9.17, 15) is 13.2 Å². The molecule has 1 atom stereocenters. The molecule has 1 unspecified atom stereocenters. The van der Waals surface area contributed by atoms with Crippen molar-refractivity contribution in [2.75, 3.05) is 25.6 Å². The largest absolute Gasteiger partial charge is 0.416 e. The van der Waals surface area contributed by atoms with Crippen molar-refractivity contribution in [3.8, 4) is 0 Å². The molecule has 0 fully saturated rings. The van der Waals surface area contributed by atoms with E-state index in [1.807, 2.05) is 6.92 Å². The SMILES string of the molecule is COCC(C)CNc1ccc(C(F)(F)F)cc1Br. The molecule has 0 amide bonds. The summed E-state index contributed by atoms with van der Waals surface area (Å²) >= 11 is 3.13. The summed E-state index contributed by atoms with van der Waals surface area (Å²) < 4.78 is 42.8. The van der Waals surface area contributed by atoms with Gasteiger partial charge in [0, 0.05) is 23.8 Å². The minimum atomic E-state index is -4.32. The molecule has 0 heterocycles. The van der Waals surface area contributed by atoms with Gasteiger partial charge in [-0.25, -0.2) is 0 Å². The lowest BCUT2D eigenvalue weighted by atomic mass is 10.1. The quantitative estimate of drug-likeness (QED) is 0.877. The number of alkyl halides is 3. The van der Waals surface area contributed by atoms with Gasteiger partial charge in [0.2, 0.25) is 0 Å². The van der Waals surface area contributed by atoms with E-state index < -0.39 is 11.7 Å². The average Bonchev–Trinajstić information content (AvgIpc) is 2.26. The summed E-state index contributed by atoms with van der Waals surface area (Å²) in [6, 6.07) is 3.56. The van der Waals surface area contributed by atoms with Crippen LogP contribution in [-0.2, 0) is 10.9 Å². The second-order valence-corrected chi connectivity index (χ2v) is 4.99. The highest BCUT2D eigenvalue weighted by molar-refractivity contribution is 9.10. The van der Waals surface area contributed by atoms with Gasteiger partial charge in [-0.3, -0.25) is 0 Å². The first-order chi connectivity index (χ1) is 8.34. The molecule has 0 radical (unpaired) electrons. The molecule has 18 heavy (non-hydrogen) atoms. The molecule has 0 saturated heterocycles. The van der Waals surface area contributed by atoms with E-state index >= 15 is 0 Å². The van der Waals surface area contributed by atoms with Crippen molar-refractivity contribution in [1.29, 1.82) is 0 Å². The third-order valence-corrected chi connectivity index (χ3v) is 3.04. The molecule has 0 aromatic heterocycles. The highest BCUT2D eigenvalue weighted by Gasteiger charge is 2.30. The van der Waals surface area contributed by atoms with E-state index in [0.29, 0.717) is 23.3 Å². The number of halogens is 4. The van der Waals surface area contributed by atoms with Crippen LogP contribution >= 0.6 is 15.9 Å². The second kappa shape index (κ2) is 6.43. The number of methoxy groups -OCH3 is 1. The zero-order valence-corrected chi connectivity index (χ0v) is 11.7. The lowest BCUT2D eigenvalue weighted by Crippen LogP contribution is -2.16. The number of benzene rings is 1. The lowest BCUT2D eigenvalue weighted by Gasteiger charge is -2.15. The van der Waals surface area contributed by atoms with Gasteiger partial charge in [0.1, 0.15) is 0 Å². The van der Waals surface area contributed by atoms with Gasteiger partial charge in [0.25, 0.3) is 0 Å². The first-order valence-electron chi connectivity index (χ1n) is 5.44. The number of rotatable bonds is 5. The van der Waals surface area contributed by atoms with E-state index in [0.717, 1.165) is 12.1 Å². The molecule has 0 aliphatic rings. The minimum absolute atomic E-state index is 0.282. The monoisotopic (exact) mass is 325 g/mol. The van der Waals surface area contributed by atoms with Crippen LogP contribution in [0.2, 0.25) is 0 Å². The van der Waals surface area contributed by atoms with Gasteiger partial charge >= 0.3 is 6.18 Å². The summed E-state index contributed by atoms with van der Waals surface area (Å²) in [4.78, 5) is 0. The van der Waals surface area contributed by atoms with E-state index in [2.05, 4.69) is 21.2 Å². The zero-order valence-electron chi connectivity index (χ0n) is 10.1. The Morgan fingerprint density at radius 1 is 1.39 bits per heavy atom. The lowest BCUT2D eigenvalue weighted by molar-refractivity contribution is -0.137. The summed E-state index contributed by atoms with van der Waals surface area (Å²) in [6.45, 7) is 3.23. The van der Waals surface area contributed by atoms with Crippen molar-refractivity contribution >= 4 is 21.6 Å². The fourth-order valence-electron chi connectivity index (χ4n) is 1.46. The van der Waals surface area contributed by atoms with E-state index in [4.69, 9.17) is 4.74 Å². The van der Waals surface area contributed by atoms with Crippen LogP contribution in [0.5, 0.6) is 0 Å². The molecular weight excluding hydrogens is 311 g/mol. The third-order valence-electron chi connectivity index (χ3n) is 2.39. The average molecular weight is 326 g/mol. The predicted octanol–water partition coefficient (Wildman–Crippen LogP) is 4.16. The highest BCUT2D eigenvalue weighted by atomic mass is 79.9. The molecule has 1 N–H and O–H groups in total. The summed E-state index contributed by atoms with van der Waals surface area (Å²) in [6.07, 6.45) is -4.32. The molecule has 0 aliphatic heterocycles. The molecule has 1 aromatic carbocycles. The topological polar surface area (TPSA) is 21.3 Å². The molecule has 0 bridgehead atoms. The van der Waals surface area contributed by atoms with Crippen LogP contribution in [0, 0.1) is 5.92 Å². The standard InChI is InChI=1S/C12H15BrF3NO/c1-8(7-18-2)6-17-11-4-3-9(5-10(11)13)12(14,15)16/h3-5,8,17H,6-7H2,1-2H3. The van der Waals surface area contributed by atoms with Crippen molar-refractivity contribution < 1.29 is 17.9 Å². The van der Waals surface area contributed by atoms with Crippen LogP contribution in [0.3, 0.4) is 0 Å². The Kier molecular flexibility index (Phi) is 5.47. The Morgan fingerprint density at radius 3 is 2.56 bits per heavy atom. The van der Waals surface area contributed by atoms with Crippen LogP contribution < -0.4 is 5.32 Å². The van der Waals surface area contributed by atoms with E-state index in [1.165, 1.54) is 6.07 Å². The maximum absolute atomic E-state index is 12.5. The van der Waals surface area contributed by atoms with Crippen LogP contribution in [0.4, 0.5) is 18.9 Å². The number of hydrogen-bond acceptors (Lipinski definition) is 2. The second-order valence-electron chi connectivity index (χ2n) is 4.13. The number of hydrogen-bond donors (Lipinski definition) is 1. The first kappa shape index (κ1) is 15.3. The number of ether oxygens (including phenoxy) is 1. The number of nitrogens with one attached hydrogen (secondary N) is 1. The Hall–Kier alpha value is -0.750. The van der Waals surface area contributed by atoms with Gasteiger partial charge in [-0.2, -0.15) is 13.2 Å². The van der Waals surface area contributed by atoms with Gasteiger partial charge < -0.3 is 10.1 Å². The normalized spacial score (nSPS) is 13.4. The fourth-order valence-corrected chi connectivity index (χ4v) is 1.98. The van der Waals surface area contributed by atoms with Crippen molar-refractivity contribution in [3.63, 3.8) is 0 Å². The zero-order chi connectivity index (χ0) is 13.8. The van der Waals surface area contributed by atoms with E-state index in [1.54, 1.807) is 7.11 Å². The third kappa shape index (κ3) is 4.49. The van der Waals surface area contributed by atoms with Crippen LogP contribution in [0.25, 0.3) is 0 Å². The molecule has 0 saturated carbocycles. The van der Waals surface area contributed by atoms with Crippen molar-refractivity contribution in [2.24, 2.45) is 5.92 Å². The maximum atomic E-state index is 12.5. The fraction of sp³-hybridized carbons (Fsp3) is 0.500. The Bertz CT molecular complexity index is 395. The molecule has 0 aliphatic carbocycles. The summed E-state index contributed by atoms with van der Waals surface area (Å²) in [5.41, 5.74) is -0.0178. The molecule has 6 heteroatoms. The Morgan fingerprint density at radius 2 is 2.06 bits per heavy atom. The molecule has 0 spiro atoms. The van der Waals surface area contributed by atoms with Gasteiger partial charge in [0.15, 0.2) is 0 Å².